The molecule has 1 aromatic heterocycles. The standard InChI is InChI=1S/C15H15NO/c1-2-13(16)14-9-11-8-7-10-5-3-4-6-12(10)15(11)17-14/h3-9,13H,2,16H2,1H3. The van der Waals surface area contributed by atoms with E-state index in [9.17, 15) is 0 Å². The van der Waals surface area contributed by atoms with E-state index in [1.165, 1.54) is 5.39 Å². The molecule has 1 heterocycles. The van der Waals surface area contributed by atoms with Crippen LogP contribution >= 0.6 is 0 Å². The zero-order chi connectivity index (χ0) is 11.8. The summed E-state index contributed by atoms with van der Waals surface area (Å²) in [5, 5.41) is 3.48. The molecule has 0 aliphatic carbocycles. The van der Waals surface area contributed by atoms with Gasteiger partial charge in [0.15, 0.2) is 0 Å². The summed E-state index contributed by atoms with van der Waals surface area (Å²) >= 11 is 0. The molecule has 2 nitrogen and oxygen atoms in total. The number of hydrogen-bond donors (Lipinski definition) is 1. The lowest BCUT2D eigenvalue weighted by Crippen LogP contribution is -2.06. The Morgan fingerprint density at radius 2 is 1.88 bits per heavy atom. The van der Waals surface area contributed by atoms with E-state index in [1.54, 1.807) is 0 Å². The molecule has 2 N–H and O–H groups in total. The highest BCUT2D eigenvalue weighted by Gasteiger charge is 2.11. The van der Waals surface area contributed by atoms with Crippen molar-refractivity contribution in [1.29, 1.82) is 0 Å². The smallest absolute Gasteiger partial charge is 0.142 e. The van der Waals surface area contributed by atoms with Crippen LogP contribution in [-0.4, -0.2) is 0 Å². The highest BCUT2D eigenvalue weighted by Crippen LogP contribution is 2.30. The van der Waals surface area contributed by atoms with Gasteiger partial charge in [0.25, 0.3) is 0 Å². The maximum atomic E-state index is 6.01. The van der Waals surface area contributed by atoms with Gasteiger partial charge in [0.1, 0.15) is 11.3 Å². The van der Waals surface area contributed by atoms with Gasteiger partial charge < -0.3 is 10.2 Å². The van der Waals surface area contributed by atoms with Crippen LogP contribution in [0.3, 0.4) is 0 Å². The normalized spacial score (nSPS) is 13.3. The predicted molar refractivity (Wildman–Crippen MR) is 70.9 cm³/mol. The summed E-state index contributed by atoms with van der Waals surface area (Å²) in [7, 11) is 0. The zero-order valence-electron chi connectivity index (χ0n) is 9.81. The van der Waals surface area contributed by atoms with Gasteiger partial charge in [-0.05, 0) is 17.9 Å². The van der Waals surface area contributed by atoms with Gasteiger partial charge in [-0.3, -0.25) is 0 Å². The lowest BCUT2D eigenvalue weighted by Gasteiger charge is -2.02. The van der Waals surface area contributed by atoms with E-state index in [1.807, 2.05) is 12.1 Å². The second kappa shape index (κ2) is 3.90. The van der Waals surface area contributed by atoms with Gasteiger partial charge in [-0.2, -0.15) is 0 Å². The molecule has 1 unspecified atom stereocenters. The molecule has 0 spiro atoms. The Kier molecular flexibility index (Phi) is 2.37. The number of benzene rings is 2. The molecule has 3 aromatic rings. The topological polar surface area (TPSA) is 39.2 Å². The molecular weight excluding hydrogens is 210 g/mol. The van der Waals surface area contributed by atoms with E-state index in [0.29, 0.717) is 0 Å². The number of fused-ring (bicyclic) bond motifs is 3. The third kappa shape index (κ3) is 1.61. The first-order chi connectivity index (χ1) is 8.29. The Hall–Kier alpha value is -1.80. The van der Waals surface area contributed by atoms with E-state index in [4.69, 9.17) is 10.2 Å². The van der Waals surface area contributed by atoms with Crippen LogP contribution in [-0.2, 0) is 0 Å². The minimum atomic E-state index is -0.0128. The van der Waals surface area contributed by atoms with Crippen molar-refractivity contribution in [3.05, 3.63) is 48.2 Å². The van der Waals surface area contributed by atoms with E-state index in [2.05, 4.69) is 37.3 Å². The molecule has 0 radical (unpaired) electrons. The van der Waals surface area contributed by atoms with Crippen LogP contribution in [0, 0.1) is 0 Å². The molecule has 2 heteroatoms. The van der Waals surface area contributed by atoms with Crippen LogP contribution in [0.5, 0.6) is 0 Å². The van der Waals surface area contributed by atoms with E-state index in [0.717, 1.165) is 28.5 Å². The van der Waals surface area contributed by atoms with E-state index < -0.39 is 0 Å². The molecule has 3 rings (SSSR count). The minimum Gasteiger partial charge on any atom is -0.459 e. The fourth-order valence-corrected chi connectivity index (χ4v) is 2.17. The number of nitrogens with two attached hydrogens (primary N) is 1. The summed E-state index contributed by atoms with van der Waals surface area (Å²) in [6.45, 7) is 2.07. The first-order valence-corrected chi connectivity index (χ1v) is 5.96. The van der Waals surface area contributed by atoms with Crippen molar-refractivity contribution in [1.82, 2.24) is 0 Å². The number of hydrogen-bond acceptors (Lipinski definition) is 2. The Bertz CT molecular complexity index is 669. The van der Waals surface area contributed by atoms with Gasteiger partial charge in [0.2, 0.25) is 0 Å². The van der Waals surface area contributed by atoms with Crippen molar-refractivity contribution >= 4 is 21.7 Å². The average molecular weight is 225 g/mol. The van der Waals surface area contributed by atoms with Crippen molar-refractivity contribution in [2.75, 3.05) is 0 Å². The van der Waals surface area contributed by atoms with Gasteiger partial charge >= 0.3 is 0 Å². The second-order valence-corrected chi connectivity index (χ2v) is 4.37. The fourth-order valence-electron chi connectivity index (χ4n) is 2.17. The van der Waals surface area contributed by atoms with Gasteiger partial charge in [0, 0.05) is 10.8 Å². The molecule has 1 atom stereocenters. The van der Waals surface area contributed by atoms with Crippen LogP contribution in [0.4, 0.5) is 0 Å². The number of rotatable bonds is 2. The summed E-state index contributed by atoms with van der Waals surface area (Å²) in [6, 6.07) is 14.5. The summed E-state index contributed by atoms with van der Waals surface area (Å²) < 4.78 is 5.91. The third-order valence-electron chi connectivity index (χ3n) is 3.23. The maximum Gasteiger partial charge on any atom is 0.142 e. The van der Waals surface area contributed by atoms with Crippen molar-refractivity contribution in [2.24, 2.45) is 5.73 Å². The molecule has 0 saturated carbocycles. The molecule has 0 aliphatic heterocycles. The summed E-state index contributed by atoms with van der Waals surface area (Å²) in [5.74, 6) is 0.874. The quantitative estimate of drug-likeness (QED) is 0.716. The van der Waals surface area contributed by atoms with Crippen LogP contribution in [0.2, 0.25) is 0 Å². The van der Waals surface area contributed by atoms with Crippen molar-refractivity contribution in [3.63, 3.8) is 0 Å². The Balaban J connectivity index is 2.31. The molecule has 2 aromatic carbocycles. The van der Waals surface area contributed by atoms with Gasteiger partial charge in [0.05, 0.1) is 6.04 Å². The second-order valence-electron chi connectivity index (χ2n) is 4.37. The Morgan fingerprint density at radius 3 is 2.71 bits per heavy atom. The Labute approximate surface area is 100 Å². The highest BCUT2D eigenvalue weighted by molar-refractivity contribution is 6.04. The lowest BCUT2D eigenvalue weighted by atomic mass is 10.1. The molecule has 0 saturated heterocycles. The SMILES string of the molecule is CCC(N)c1cc2ccc3ccccc3c2o1. The lowest BCUT2D eigenvalue weighted by molar-refractivity contribution is 0.490. The minimum absolute atomic E-state index is 0.0128. The molecular formula is C15H15NO. The van der Waals surface area contributed by atoms with Gasteiger partial charge in [-0.1, -0.05) is 43.3 Å². The fraction of sp³-hybridized carbons (Fsp3) is 0.200. The van der Waals surface area contributed by atoms with E-state index in [-0.39, 0.29) is 6.04 Å². The largest absolute Gasteiger partial charge is 0.459 e. The van der Waals surface area contributed by atoms with Crippen LogP contribution in [0.1, 0.15) is 25.1 Å². The molecule has 0 bridgehead atoms. The molecule has 86 valence electrons. The predicted octanol–water partition coefficient (Wildman–Crippen LogP) is 4.00. The van der Waals surface area contributed by atoms with Crippen LogP contribution < -0.4 is 5.73 Å². The summed E-state index contributed by atoms with van der Waals surface area (Å²) in [4.78, 5) is 0. The Morgan fingerprint density at radius 1 is 1.12 bits per heavy atom. The maximum absolute atomic E-state index is 6.01. The van der Waals surface area contributed by atoms with Crippen LogP contribution in [0.15, 0.2) is 46.9 Å². The van der Waals surface area contributed by atoms with Crippen molar-refractivity contribution in [2.45, 2.75) is 19.4 Å². The third-order valence-corrected chi connectivity index (χ3v) is 3.23. The average Bonchev–Trinajstić information content (AvgIpc) is 2.82. The van der Waals surface area contributed by atoms with Crippen molar-refractivity contribution < 1.29 is 4.42 Å². The van der Waals surface area contributed by atoms with Gasteiger partial charge in [-0.25, -0.2) is 0 Å². The first kappa shape index (κ1) is 10.4. The molecule has 17 heavy (non-hydrogen) atoms. The van der Waals surface area contributed by atoms with E-state index >= 15 is 0 Å². The number of furan rings is 1. The van der Waals surface area contributed by atoms with Crippen LogP contribution in [0.25, 0.3) is 21.7 Å². The molecule has 0 aliphatic rings. The van der Waals surface area contributed by atoms with Crippen molar-refractivity contribution in [3.8, 4) is 0 Å². The first-order valence-electron chi connectivity index (χ1n) is 5.96. The summed E-state index contributed by atoms with van der Waals surface area (Å²) in [6.07, 6.45) is 0.887. The molecule has 0 fully saturated rings. The molecule has 0 amide bonds. The zero-order valence-corrected chi connectivity index (χ0v) is 9.81. The summed E-state index contributed by atoms with van der Waals surface area (Å²) in [5.41, 5.74) is 6.95. The van der Waals surface area contributed by atoms with Gasteiger partial charge in [-0.15, -0.1) is 0 Å². The monoisotopic (exact) mass is 225 g/mol. The highest BCUT2D eigenvalue weighted by atomic mass is 16.3.